The van der Waals surface area contributed by atoms with Gasteiger partial charge in [0, 0.05) is 6.04 Å². The lowest BCUT2D eigenvalue weighted by atomic mass is 10.1. The van der Waals surface area contributed by atoms with Crippen molar-refractivity contribution in [2.45, 2.75) is 46.6 Å². The van der Waals surface area contributed by atoms with E-state index in [9.17, 15) is 4.79 Å². The van der Waals surface area contributed by atoms with Gasteiger partial charge in [0.1, 0.15) is 6.54 Å². The molecule has 2 atom stereocenters. The SMILES string of the molecule is CC(C)=CC1C(C(=O)N(CC#N)C2CC2)C1(C)C. The molecule has 0 aliphatic heterocycles. The normalized spacial score (nSPS) is 28.2. The van der Waals surface area contributed by atoms with Crippen molar-refractivity contribution in [3.8, 4) is 6.07 Å². The number of carbonyl (C=O) groups excluding carboxylic acids is 1. The Hall–Kier alpha value is -1.30. The fourth-order valence-electron chi connectivity index (χ4n) is 2.85. The summed E-state index contributed by atoms with van der Waals surface area (Å²) in [5, 5.41) is 8.85. The van der Waals surface area contributed by atoms with E-state index in [1.165, 1.54) is 5.57 Å². The van der Waals surface area contributed by atoms with Gasteiger partial charge in [0.05, 0.1) is 12.0 Å². The van der Waals surface area contributed by atoms with Gasteiger partial charge < -0.3 is 4.90 Å². The van der Waals surface area contributed by atoms with Crippen LogP contribution in [0.1, 0.15) is 40.5 Å². The zero-order chi connectivity index (χ0) is 13.5. The van der Waals surface area contributed by atoms with E-state index in [1.54, 1.807) is 4.90 Å². The molecule has 0 spiro atoms. The Kier molecular flexibility index (Phi) is 3.23. The van der Waals surface area contributed by atoms with Crippen LogP contribution in [-0.2, 0) is 4.79 Å². The van der Waals surface area contributed by atoms with Crippen molar-refractivity contribution in [1.82, 2.24) is 4.90 Å². The lowest BCUT2D eigenvalue weighted by molar-refractivity contribution is -0.133. The number of nitriles is 1. The van der Waals surface area contributed by atoms with Crippen molar-refractivity contribution in [2.24, 2.45) is 17.3 Å². The molecule has 3 nitrogen and oxygen atoms in total. The highest BCUT2D eigenvalue weighted by molar-refractivity contribution is 5.84. The van der Waals surface area contributed by atoms with E-state index in [2.05, 4.69) is 39.8 Å². The predicted octanol–water partition coefficient (Wildman–Crippen LogP) is 2.74. The Morgan fingerprint density at radius 3 is 2.50 bits per heavy atom. The first kappa shape index (κ1) is 13.1. The summed E-state index contributed by atoms with van der Waals surface area (Å²) >= 11 is 0. The van der Waals surface area contributed by atoms with E-state index < -0.39 is 0 Å². The molecule has 2 aliphatic carbocycles. The molecule has 0 saturated heterocycles. The molecule has 0 aromatic heterocycles. The highest BCUT2D eigenvalue weighted by Gasteiger charge is 2.61. The van der Waals surface area contributed by atoms with Crippen molar-refractivity contribution in [2.75, 3.05) is 6.54 Å². The summed E-state index contributed by atoms with van der Waals surface area (Å²) in [5.41, 5.74) is 1.32. The van der Waals surface area contributed by atoms with Crippen LogP contribution >= 0.6 is 0 Å². The van der Waals surface area contributed by atoms with E-state index in [-0.39, 0.29) is 23.8 Å². The molecule has 0 heterocycles. The van der Waals surface area contributed by atoms with E-state index in [0.29, 0.717) is 12.0 Å². The van der Waals surface area contributed by atoms with E-state index >= 15 is 0 Å². The van der Waals surface area contributed by atoms with Crippen molar-refractivity contribution >= 4 is 5.91 Å². The van der Waals surface area contributed by atoms with Crippen molar-refractivity contribution < 1.29 is 4.79 Å². The summed E-state index contributed by atoms with van der Waals surface area (Å²) in [6.45, 7) is 8.69. The smallest absolute Gasteiger partial charge is 0.227 e. The van der Waals surface area contributed by atoms with Gasteiger partial charge in [-0.2, -0.15) is 5.26 Å². The Labute approximate surface area is 109 Å². The van der Waals surface area contributed by atoms with Crippen LogP contribution in [0.25, 0.3) is 0 Å². The van der Waals surface area contributed by atoms with Gasteiger partial charge in [0.15, 0.2) is 0 Å². The summed E-state index contributed by atoms with van der Waals surface area (Å²) in [6.07, 6.45) is 4.34. The van der Waals surface area contributed by atoms with Crippen LogP contribution in [-0.4, -0.2) is 23.4 Å². The third-order valence-electron chi connectivity index (χ3n) is 4.20. The first-order chi connectivity index (χ1) is 8.39. The zero-order valence-electron chi connectivity index (χ0n) is 11.7. The number of allylic oxidation sites excluding steroid dienone is 2. The first-order valence-electron chi connectivity index (χ1n) is 6.72. The molecular weight excluding hydrogens is 224 g/mol. The fourth-order valence-corrected chi connectivity index (χ4v) is 2.85. The van der Waals surface area contributed by atoms with Gasteiger partial charge in [-0.15, -0.1) is 0 Å². The maximum Gasteiger partial charge on any atom is 0.227 e. The van der Waals surface area contributed by atoms with E-state index in [0.717, 1.165) is 12.8 Å². The molecule has 3 heteroatoms. The molecule has 0 radical (unpaired) electrons. The number of rotatable bonds is 4. The number of hydrogen-bond acceptors (Lipinski definition) is 2. The number of nitrogens with zero attached hydrogens (tertiary/aromatic N) is 2. The molecule has 2 saturated carbocycles. The molecule has 0 N–H and O–H groups in total. The van der Waals surface area contributed by atoms with E-state index in [1.807, 2.05) is 0 Å². The second-order valence-corrected chi connectivity index (χ2v) is 6.42. The largest absolute Gasteiger partial charge is 0.326 e. The fraction of sp³-hybridized carbons (Fsp3) is 0.733. The van der Waals surface area contributed by atoms with Crippen LogP contribution in [0.15, 0.2) is 11.6 Å². The predicted molar refractivity (Wildman–Crippen MR) is 70.5 cm³/mol. The van der Waals surface area contributed by atoms with Crippen LogP contribution in [0.5, 0.6) is 0 Å². The van der Waals surface area contributed by atoms with Crippen molar-refractivity contribution in [1.29, 1.82) is 5.26 Å². The van der Waals surface area contributed by atoms with Gasteiger partial charge in [-0.05, 0) is 38.0 Å². The molecule has 0 bridgehead atoms. The zero-order valence-corrected chi connectivity index (χ0v) is 11.7. The molecule has 0 aromatic rings. The monoisotopic (exact) mass is 246 g/mol. The minimum Gasteiger partial charge on any atom is -0.326 e. The van der Waals surface area contributed by atoms with Gasteiger partial charge >= 0.3 is 0 Å². The Balaban J connectivity index is 2.10. The van der Waals surface area contributed by atoms with Crippen molar-refractivity contribution in [3.63, 3.8) is 0 Å². The Morgan fingerprint density at radius 1 is 1.44 bits per heavy atom. The number of carbonyl (C=O) groups is 1. The van der Waals surface area contributed by atoms with Crippen molar-refractivity contribution in [3.05, 3.63) is 11.6 Å². The molecular formula is C15H22N2O. The average Bonchev–Trinajstić information content (AvgIpc) is 3.14. The highest BCUT2D eigenvalue weighted by atomic mass is 16.2. The molecule has 18 heavy (non-hydrogen) atoms. The summed E-state index contributed by atoms with van der Waals surface area (Å²) in [5.74, 6) is 0.600. The van der Waals surface area contributed by atoms with Crippen LogP contribution in [0.2, 0.25) is 0 Å². The minimum absolute atomic E-state index is 0.0525. The van der Waals surface area contributed by atoms with E-state index in [4.69, 9.17) is 5.26 Å². The first-order valence-corrected chi connectivity index (χ1v) is 6.72. The topological polar surface area (TPSA) is 44.1 Å². The van der Waals surface area contributed by atoms with Gasteiger partial charge in [-0.1, -0.05) is 25.5 Å². The Bertz CT molecular complexity index is 422. The molecule has 0 aromatic carbocycles. The van der Waals surface area contributed by atoms with Crippen LogP contribution in [0, 0.1) is 28.6 Å². The third-order valence-corrected chi connectivity index (χ3v) is 4.20. The average molecular weight is 246 g/mol. The van der Waals surface area contributed by atoms with Crippen LogP contribution in [0.3, 0.4) is 0 Å². The van der Waals surface area contributed by atoms with Crippen LogP contribution in [0.4, 0.5) is 0 Å². The lowest BCUT2D eigenvalue weighted by Gasteiger charge is -2.19. The van der Waals surface area contributed by atoms with Gasteiger partial charge in [0.25, 0.3) is 0 Å². The van der Waals surface area contributed by atoms with Crippen LogP contribution < -0.4 is 0 Å². The molecule has 2 aliphatic rings. The second-order valence-electron chi connectivity index (χ2n) is 6.42. The standard InChI is InChI=1S/C15H22N2O/c1-10(2)9-12-13(15(12,3)4)14(18)17(8-7-16)11-5-6-11/h9,11-13H,5-6,8H2,1-4H3. The molecule has 2 fully saturated rings. The summed E-state index contributed by atoms with van der Waals surface area (Å²) < 4.78 is 0. The maximum absolute atomic E-state index is 12.5. The third kappa shape index (κ3) is 2.29. The molecule has 1 amide bonds. The number of amides is 1. The highest BCUT2D eigenvalue weighted by Crippen LogP contribution is 2.60. The Morgan fingerprint density at radius 2 is 2.06 bits per heavy atom. The maximum atomic E-state index is 12.5. The molecule has 2 rings (SSSR count). The lowest BCUT2D eigenvalue weighted by Crippen LogP contribution is -2.35. The summed E-state index contributed by atoms with van der Waals surface area (Å²) in [7, 11) is 0. The molecule has 98 valence electrons. The summed E-state index contributed by atoms with van der Waals surface area (Å²) in [6, 6.07) is 2.46. The van der Waals surface area contributed by atoms with Gasteiger partial charge in [-0.3, -0.25) is 4.79 Å². The molecule has 2 unspecified atom stereocenters. The second kappa shape index (κ2) is 4.42. The summed E-state index contributed by atoms with van der Waals surface area (Å²) in [4.78, 5) is 14.3. The number of hydrogen-bond donors (Lipinski definition) is 0. The van der Waals surface area contributed by atoms with Gasteiger partial charge in [0.2, 0.25) is 5.91 Å². The minimum atomic E-state index is 0.0525. The van der Waals surface area contributed by atoms with Gasteiger partial charge in [-0.25, -0.2) is 0 Å². The quantitative estimate of drug-likeness (QED) is 0.565.